The third-order valence-electron chi connectivity index (χ3n) is 2.47. The highest BCUT2D eigenvalue weighted by Crippen LogP contribution is 2.18. The van der Waals surface area contributed by atoms with Gasteiger partial charge in [-0.05, 0) is 31.0 Å². The molecule has 1 heterocycles. The van der Waals surface area contributed by atoms with E-state index in [1.54, 1.807) is 0 Å². The first-order chi connectivity index (χ1) is 7.24. The van der Waals surface area contributed by atoms with Gasteiger partial charge < -0.3 is 4.98 Å². The third-order valence-corrected chi connectivity index (χ3v) is 2.47. The fourth-order valence-electron chi connectivity index (χ4n) is 1.79. The lowest BCUT2D eigenvalue weighted by Gasteiger charge is -1.95. The van der Waals surface area contributed by atoms with Crippen molar-refractivity contribution in [3.8, 4) is 0 Å². The quantitative estimate of drug-likeness (QED) is 0.778. The number of carbonyl (C=O) groups is 1. The number of nitrogens with zero attached hydrogens (tertiary/aromatic N) is 1. The van der Waals surface area contributed by atoms with Crippen LogP contribution in [0.15, 0.2) is 12.1 Å². The summed E-state index contributed by atoms with van der Waals surface area (Å²) < 4.78 is 0. The number of nitrogens with one attached hydrogen (secondary N) is 1. The van der Waals surface area contributed by atoms with Gasteiger partial charge in [-0.2, -0.15) is 0 Å². The van der Waals surface area contributed by atoms with Gasteiger partial charge in [-0.25, -0.2) is 4.98 Å². The van der Waals surface area contributed by atoms with E-state index in [0.717, 1.165) is 41.5 Å². The van der Waals surface area contributed by atoms with Crippen LogP contribution >= 0.6 is 0 Å². The number of imidazole rings is 1. The van der Waals surface area contributed by atoms with Crippen LogP contribution in [0.25, 0.3) is 11.0 Å². The molecule has 0 unspecified atom stereocenters. The summed E-state index contributed by atoms with van der Waals surface area (Å²) in [4.78, 5) is 18.4. The lowest BCUT2D eigenvalue weighted by molar-refractivity contribution is 0.112. The smallest absolute Gasteiger partial charge is 0.150 e. The summed E-state index contributed by atoms with van der Waals surface area (Å²) in [5.41, 5.74) is 3.68. The van der Waals surface area contributed by atoms with E-state index in [4.69, 9.17) is 0 Å². The van der Waals surface area contributed by atoms with Crippen LogP contribution in [-0.2, 0) is 6.42 Å². The first-order valence-corrected chi connectivity index (χ1v) is 5.19. The fraction of sp³-hybridized carbons (Fsp3) is 0.333. The summed E-state index contributed by atoms with van der Waals surface area (Å²) in [6.07, 6.45) is 2.89. The van der Waals surface area contributed by atoms with Crippen molar-refractivity contribution in [3.05, 3.63) is 29.1 Å². The minimum atomic E-state index is 0.701. The van der Waals surface area contributed by atoms with E-state index in [1.807, 2.05) is 19.1 Å². The topological polar surface area (TPSA) is 45.8 Å². The van der Waals surface area contributed by atoms with E-state index in [1.165, 1.54) is 0 Å². The van der Waals surface area contributed by atoms with Crippen LogP contribution in [0, 0.1) is 6.92 Å². The molecular formula is C12H14N2O. The van der Waals surface area contributed by atoms with Gasteiger partial charge >= 0.3 is 0 Å². The first kappa shape index (κ1) is 9.90. The predicted molar refractivity (Wildman–Crippen MR) is 60.2 cm³/mol. The Hall–Kier alpha value is -1.64. The maximum absolute atomic E-state index is 10.7. The van der Waals surface area contributed by atoms with Gasteiger partial charge in [0.2, 0.25) is 0 Å². The Kier molecular flexibility index (Phi) is 2.54. The Bertz CT molecular complexity index is 500. The van der Waals surface area contributed by atoms with Crippen LogP contribution < -0.4 is 0 Å². The SMILES string of the molecule is CCCc1nc2c(C)cc(C=O)cc2[nH]1. The van der Waals surface area contributed by atoms with Gasteiger partial charge in [-0.1, -0.05) is 6.92 Å². The number of carbonyl (C=O) groups excluding carboxylic acids is 1. The van der Waals surface area contributed by atoms with E-state index in [-0.39, 0.29) is 0 Å². The number of fused-ring (bicyclic) bond motifs is 1. The molecule has 0 aliphatic heterocycles. The molecular weight excluding hydrogens is 188 g/mol. The van der Waals surface area contributed by atoms with Gasteiger partial charge in [0.05, 0.1) is 11.0 Å². The fourth-order valence-corrected chi connectivity index (χ4v) is 1.79. The van der Waals surface area contributed by atoms with Gasteiger partial charge in [-0.3, -0.25) is 4.79 Å². The number of benzene rings is 1. The van der Waals surface area contributed by atoms with Crippen LogP contribution in [0.5, 0.6) is 0 Å². The molecule has 2 aromatic rings. The maximum Gasteiger partial charge on any atom is 0.150 e. The molecule has 0 saturated carbocycles. The number of H-pyrrole nitrogens is 1. The summed E-state index contributed by atoms with van der Waals surface area (Å²) >= 11 is 0. The number of aldehydes is 1. The first-order valence-electron chi connectivity index (χ1n) is 5.19. The molecule has 2 rings (SSSR count). The molecule has 1 N–H and O–H groups in total. The average Bonchev–Trinajstić information content (AvgIpc) is 2.61. The number of aryl methyl sites for hydroxylation is 2. The van der Waals surface area contributed by atoms with Crippen molar-refractivity contribution >= 4 is 17.3 Å². The van der Waals surface area contributed by atoms with Gasteiger partial charge in [0, 0.05) is 12.0 Å². The van der Waals surface area contributed by atoms with Crippen molar-refractivity contribution in [1.29, 1.82) is 0 Å². The van der Waals surface area contributed by atoms with E-state index < -0.39 is 0 Å². The molecule has 1 aromatic heterocycles. The largest absolute Gasteiger partial charge is 0.342 e. The minimum Gasteiger partial charge on any atom is -0.342 e. The van der Waals surface area contributed by atoms with Crippen molar-refractivity contribution in [2.75, 3.05) is 0 Å². The molecule has 0 atom stereocenters. The van der Waals surface area contributed by atoms with Crippen LogP contribution in [-0.4, -0.2) is 16.3 Å². The molecule has 78 valence electrons. The van der Waals surface area contributed by atoms with Crippen molar-refractivity contribution in [1.82, 2.24) is 9.97 Å². The number of hydrogen-bond donors (Lipinski definition) is 1. The molecule has 3 nitrogen and oxygen atoms in total. The van der Waals surface area contributed by atoms with Gasteiger partial charge in [0.15, 0.2) is 0 Å². The zero-order valence-corrected chi connectivity index (χ0v) is 9.00. The Labute approximate surface area is 88.5 Å². The Balaban J connectivity index is 2.59. The number of hydrogen-bond acceptors (Lipinski definition) is 2. The van der Waals surface area contributed by atoms with Gasteiger partial charge in [-0.15, -0.1) is 0 Å². The van der Waals surface area contributed by atoms with E-state index in [2.05, 4.69) is 16.9 Å². The number of rotatable bonds is 3. The lowest BCUT2D eigenvalue weighted by Crippen LogP contribution is -1.84. The van der Waals surface area contributed by atoms with Gasteiger partial charge in [0.25, 0.3) is 0 Å². The van der Waals surface area contributed by atoms with Crippen molar-refractivity contribution in [2.24, 2.45) is 0 Å². The number of aromatic amines is 1. The minimum absolute atomic E-state index is 0.701. The van der Waals surface area contributed by atoms with E-state index in [0.29, 0.717) is 5.56 Å². The summed E-state index contributed by atoms with van der Waals surface area (Å²) in [6.45, 7) is 4.10. The van der Waals surface area contributed by atoms with Crippen molar-refractivity contribution in [2.45, 2.75) is 26.7 Å². The molecule has 0 aliphatic rings. The Morgan fingerprint density at radius 1 is 1.47 bits per heavy atom. The maximum atomic E-state index is 10.7. The molecule has 0 aliphatic carbocycles. The highest BCUT2D eigenvalue weighted by atomic mass is 16.1. The molecule has 3 heteroatoms. The average molecular weight is 202 g/mol. The Morgan fingerprint density at radius 2 is 2.27 bits per heavy atom. The van der Waals surface area contributed by atoms with E-state index >= 15 is 0 Å². The second kappa shape index (κ2) is 3.85. The van der Waals surface area contributed by atoms with E-state index in [9.17, 15) is 4.79 Å². The molecule has 0 saturated heterocycles. The summed E-state index contributed by atoms with van der Waals surface area (Å²) in [6, 6.07) is 3.72. The zero-order valence-electron chi connectivity index (χ0n) is 9.00. The molecule has 15 heavy (non-hydrogen) atoms. The highest BCUT2D eigenvalue weighted by Gasteiger charge is 2.06. The molecule has 0 spiro atoms. The molecule has 0 bridgehead atoms. The molecule has 0 amide bonds. The van der Waals surface area contributed by atoms with Crippen LogP contribution in [0.2, 0.25) is 0 Å². The second-order valence-corrected chi connectivity index (χ2v) is 3.79. The number of aromatic nitrogens is 2. The van der Waals surface area contributed by atoms with Crippen molar-refractivity contribution < 1.29 is 4.79 Å². The lowest BCUT2D eigenvalue weighted by atomic mass is 10.1. The molecule has 1 aromatic carbocycles. The summed E-state index contributed by atoms with van der Waals surface area (Å²) in [5.74, 6) is 0.999. The third kappa shape index (κ3) is 1.77. The second-order valence-electron chi connectivity index (χ2n) is 3.79. The van der Waals surface area contributed by atoms with Crippen LogP contribution in [0.3, 0.4) is 0 Å². The predicted octanol–water partition coefficient (Wildman–Crippen LogP) is 2.64. The summed E-state index contributed by atoms with van der Waals surface area (Å²) in [7, 11) is 0. The molecule has 0 fully saturated rings. The highest BCUT2D eigenvalue weighted by molar-refractivity contribution is 5.87. The van der Waals surface area contributed by atoms with Crippen LogP contribution in [0.4, 0.5) is 0 Å². The zero-order chi connectivity index (χ0) is 10.8. The normalized spacial score (nSPS) is 10.8. The Morgan fingerprint density at radius 3 is 2.93 bits per heavy atom. The van der Waals surface area contributed by atoms with Crippen LogP contribution in [0.1, 0.15) is 35.1 Å². The van der Waals surface area contributed by atoms with Crippen molar-refractivity contribution in [3.63, 3.8) is 0 Å². The standard InChI is InChI=1S/C12H14N2O/c1-3-4-11-13-10-6-9(7-15)5-8(2)12(10)14-11/h5-7H,3-4H2,1-2H3,(H,13,14). The molecule has 0 radical (unpaired) electrons. The van der Waals surface area contributed by atoms with Gasteiger partial charge in [0.1, 0.15) is 12.1 Å². The monoisotopic (exact) mass is 202 g/mol. The summed E-state index contributed by atoms with van der Waals surface area (Å²) in [5, 5.41) is 0.